The fourth-order valence-electron chi connectivity index (χ4n) is 3.93. The zero-order valence-corrected chi connectivity index (χ0v) is 24.3. The standard InChI is InChI=1S/C31H28N4O4S2/c1-4-26(40-24-12-8-11-22(17-24)34-28(36)20-13-15-23(39-3)16-14-20)29(37)35-31-25(18-32)19(2)27(41-31)30(38)33-21-9-6-5-7-10-21/h5-17,26H,4H2,1-3H3,(H,33,38)(H,34,36)(H,35,37). The molecule has 3 amide bonds. The Labute approximate surface area is 246 Å². The average Bonchev–Trinajstić information content (AvgIpc) is 3.30. The van der Waals surface area contributed by atoms with Crippen LogP contribution >= 0.6 is 23.1 Å². The molecule has 41 heavy (non-hydrogen) atoms. The summed E-state index contributed by atoms with van der Waals surface area (Å²) in [6.45, 7) is 3.60. The van der Waals surface area contributed by atoms with Gasteiger partial charge >= 0.3 is 0 Å². The van der Waals surface area contributed by atoms with Gasteiger partial charge in [0.25, 0.3) is 11.8 Å². The maximum Gasteiger partial charge on any atom is 0.266 e. The third-order valence-corrected chi connectivity index (χ3v) is 8.68. The summed E-state index contributed by atoms with van der Waals surface area (Å²) < 4.78 is 5.14. The summed E-state index contributed by atoms with van der Waals surface area (Å²) in [5.74, 6) is -0.220. The van der Waals surface area contributed by atoms with Crippen LogP contribution in [-0.4, -0.2) is 30.1 Å². The van der Waals surface area contributed by atoms with Gasteiger partial charge in [-0.1, -0.05) is 31.2 Å². The Kier molecular flexibility index (Phi) is 9.79. The van der Waals surface area contributed by atoms with Crippen molar-refractivity contribution >= 4 is 57.2 Å². The molecule has 1 aromatic heterocycles. The molecule has 3 aromatic carbocycles. The Morgan fingerprint density at radius 3 is 2.27 bits per heavy atom. The van der Waals surface area contributed by atoms with Crippen molar-refractivity contribution in [2.24, 2.45) is 0 Å². The predicted octanol–water partition coefficient (Wildman–Crippen LogP) is 6.95. The Balaban J connectivity index is 1.44. The highest BCUT2D eigenvalue weighted by Crippen LogP contribution is 2.35. The molecular weight excluding hydrogens is 556 g/mol. The van der Waals surface area contributed by atoms with Crippen LogP contribution in [0.1, 0.15) is 44.5 Å². The quantitative estimate of drug-likeness (QED) is 0.174. The largest absolute Gasteiger partial charge is 0.497 e. The summed E-state index contributed by atoms with van der Waals surface area (Å²) in [7, 11) is 1.56. The van der Waals surface area contributed by atoms with Crippen LogP contribution in [0.4, 0.5) is 16.4 Å². The summed E-state index contributed by atoms with van der Waals surface area (Å²) >= 11 is 2.43. The van der Waals surface area contributed by atoms with Crippen molar-refractivity contribution in [2.45, 2.75) is 30.4 Å². The lowest BCUT2D eigenvalue weighted by atomic mass is 10.1. The van der Waals surface area contributed by atoms with Crippen LogP contribution in [0, 0.1) is 18.3 Å². The molecule has 10 heteroatoms. The van der Waals surface area contributed by atoms with Crippen molar-refractivity contribution in [1.82, 2.24) is 0 Å². The molecule has 3 N–H and O–H groups in total. The first kappa shape index (κ1) is 29.4. The normalized spacial score (nSPS) is 11.2. The van der Waals surface area contributed by atoms with E-state index in [1.807, 2.05) is 43.3 Å². The number of carbonyl (C=O) groups excluding carboxylic acids is 3. The van der Waals surface area contributed by atoms with E-state index in [1.54, 1.807) is 56.5 Å². The van der Waals surface area contributed by atoms with Crippen molar-refractivity contribution in [1.29, 1.82) is 5.26 Å². The fourth-order valence-corrected chi connectivity index (χ4v) is 6.00. The number of hydrogen-bond acceptors (Lipinski definition) is 7. The van der Waals surface area contributed by atoms with E-state index < -0.39 is 5.25 Å². The lowest BCUT2D eigenvalue weighted by Gasteiger charge is -2.15. The van der Waals surface area contributed by atoms with E-state index >= 15 is 0 Å². The topological polar surface area (TPSA) is 120 Å². The summed E-state index contributed by atoms with van der Waals surface area (Å²) in [6.07, 6.45) is 0.520. The number of methoxy groups -OCH3 is 1. The predicted molar refractivity (Wildman–Crippen MR) is 164 cm³/mol. The molecule has 1 heterocycles. The maximum atomic E-state index is 13.3. The number of nitrogens with one attached hydrogen (secondary N) is 3. The van der Waals surface area contributed by atoms with E-state index in [0.29, 0.717) is 44.6 Å². The molecule has 4 rings (SSSR count). The van der Waals surface area contributed by atoms with Crippen molar-refractivity contribution in [3.8, 4) is 11.8 Å². The number of thioether (sulfide) groups is 1. The average molecular weight is 585 g/mol. The molecule has 0 aliphatic carbocycles. The SMILES string of the molecule is CCC(Sc1cccc(NC(=O)c2ccc(OC)cc2)c1)C(=O)Nc1sc(C(=O)Nc2ccccc2)c(C)c1C#N. The number of carbonyl (C=O) groups is 3. The summed E-state index contributed by atoms with van der Waals surface area (Å²) in [5, 5.41) is 18.2. The lowest BCUT2D eigenvalue weighted by molar-refractivity contribution is -0.115. The van der Waals surface area contributed by atoms with E-state index in [4.69, 9.17) is 4.74 Å². The molecule has 0 aliphatic rings. The highest BCUT2D eigenvalue weighted by atomic mass is 32.2. The van der Waals surface area contributed by atoms with Crippen molar-refractivity contribution in [3.63, 3.8) is 0 Å². The molecule has 0 fully saturated rings. The van der Waals surface area contributed by atoms with Gasteiger partial charge in [0.05, 0.1) is 22.8 Å². The molecule has 1 atom stereocenters. The van der Waals surface area contributed by atoms with Crippen LogP contribution in [0.5, 0.6) is 5.75 Å². The number of ether oxygens (including phenoxy) is 1. The number of rotatable bonds is 10. The number of para-hydroxylation sites is 1. The molecule has 0 aliphatic heterocycles. The number of benzene rings is 3. The molecule has 0 spiro atoms. The molecule has 1 unspecified atom stereocenters. The molecule has 0 saturated carbocycles. The van der Waals surface area contributed by atoms with E-state index in [-0.39, 0.29) is 23.3 Å². The van der Waals surface area contributed by atoms with Crippen molar-refractivity contribution in [2.75, 3.05) is 23.1 Å². The second-order valence-corrected chi connectivity index (χ2v) is 11.2. The summed E-state index contributed by atoms with van der Waals surface area (Å²) in [6, 6.07) is 25.2. The smallest absolute Gasteiger partial charge is 0.266 e. The second-order valence-electron chi connectivity index (χ2n) is 8.91. The first-order valence-corrected chi connectivity index (χ1v) is 14.5. The van der Waals surface area contributed by atoms with E-state index in [1.165, 1.54) is 11.8 Å². The number of nitriles is 1. The molecule has 0 saturated heterocycles. The number of anilines is 3. The Morgan fingerprint density at radius 2 is 1.61 bits per heavy atom. The number of amides is 3. The van der Waals surface area contributed by atoms with Gasteiger partial charge in [-0.3, -0.25) is 14.4 Å². The van der Waals surface area contributed by atoms with Crippen LogP contribution in [0.3, 0.4) is 0 Å². The number of hydrogen-bond donors (Lipinski definition) is 3. The monoisotopic (exact) mass is 584 g/mol. The highest BCUT2D eigenvalue weighted by Gasteiger charge is 2.25. The van der Waals surface area contributed by atoms with Gasteiger partial charge in [0.1, 0.15) is 16.8 Å². The van der Waals surface area contributed by atoms with E-state index in [9.17, 15) is 19.6 Å². The van der Waals surface area contributed by atoms with Crippen LogP contribution in [0.25, 0.3) is 0 Å². The number of thiophene rings is 1. The second kappa shape index (κ2) is 13.7. The minimum Gasteiger partial charge on any atom is -0.497 e. The molecule has 0 bridgehead atoms. The summed E-state index contributed by atoms with van der Waals surface area (Å²) in [5.41, 5.74) is 2.51. The van der Waals surface area contributed by atoms with Crippen molar-refractivity contribution in [3.05, 3.63) is 100 Å². The molecule has 8 nitrogen and oxygen atoms in total. The van der Waals surface area contributed by atoms with Gasteiger partial charge in [-0.2, -0.15) is 5.26 Å². The number of nitrogens with zero attached hydrogens (tertiary/aromatic N) is 1. The van der Waals surface area contributed by atoms with E-state index in [0.717, 1.165) is 16.2 Å². The van der Waals surface area contributed by atoms with E-state index in [2.05, 4.69) is 22.0 Å². The molecule has 4 aromatic rings. The Bertz CT molecular complexity index is 1590. The third kappa shape index (κ3) is 7.33. The third-order valence-electron chi connectivity index (χ3n) is 6.12. The lowest BCUT2D eigenvalue weighted by Crippen LogP contribution is -2.24. The zero-order valence-electron chi connectivity index (χ0n) is 22.7. The van der Waals surface area contributed by atoms with Gasteiger partial charge in [-0.15, -0.1) is 23.1 Å². The fraction of sp³-hybridized carbons (Fsp3) is 0.161. The van der Waals surface area contributed by atoms with Gasteiger partial charge in [-0.05, 0) is 73.5 Å². The van der Waals surface area contributed by atoms with Crippen molar-refractivity contribution < 1.29 is 19.1 Å². The van der Waals surface area contributed by atoms with Gasteiger partial charge in [0.15, 0.2) is 0 Å². The van der Waals surface area contributed by atoms with Gasteiger partial charge in [0, 0.05) is 21.8 Å². The first-order valence-electron chi connectivity index (χ1n) is 12.8. The van der Waals surface area contributed by atoms with Gasteiger partial charge in [0.2, 0.25) is 5.91 Å². The van der Waals surface area contributed by atoms with Crippen LogP contribution < -0.4 is 20.7 Å². The minimum absolute atomic E-state index is 0.260. The van der Waals surface area contributed by atoms with Crippen LogP contribution in [-0.2, 0) is 4.79 Å². The molecule has 0 radical (unpaired) electrons. The first-order chi connectivity index (χ1) is 19.8. The highest BCUT2D eigenvalue weighted by molar-refractivity contribution is 8.00. The Hall–Kier alpha value is -4.59. The summed E-state index contributed by atoms with van der Waals surface area (Å²) in [4.78, 5) is 40.0. The maximum absolute atomic E-state index is 13.3. The molecular formula is C31H28N4O4S2. The Morgan fingerprint density at radius 1 is 0.927 bits per heavy atom. The molecule has 208 valence electrons. The minimum atomic E-state index is -0.474. The van der Waals surface area contributed by atoms with Gasteiger partial charge < -0.3 is 20.7 Å². The zero-order chi connectivity index (χ0) is 29.4. The van der Waals surface area contributed by atoms with Crippen LogP contribution in [0.2, 0.25) is 0 Å². The van der Waals surface area contributed by atoms with Gasteiger partial charge in [-0.25, -0.2) is 0 Å². The van der Waals surface area contributed by atoms with Crippen LogP contribution in [0.15, 0.2) is 83.8 Å².